The molecule has 4 rings (SSSR count). The lowest BCUT2D eigenvalue weighted by atomic mass is 10.1. The zero-order valence-electron chi connectivity index (χ0n) is 12.3. The number of halogens is 1. The number of hydrogen-bond acceptors (Lipinski definition) is 2. The molecular weight excluding hydrogens is 376 g/mol. The van der Waals surface area contributed by atoms with Gasteiger partial charge >= 0.3 is 0 Å². The Labute approximate surface area is 143 Å². The van der Waals surface area contributed by atoms with E-state index in [1.54, 1.807) is 22.5 Å². The zero-order valence-corrected chi connectivity index (χ0v) is 14.7. The number of para-hydroxylation sites is 1. The number of hydrogen-bond donors (Lipinski definition) is 1. The molecule has 2 heterocycles. The van der Waals surface area contributed by atoms with Crippen molar-refractivity contribution in [1.29, 1.82) is 0 Å². The normalized spacial score (nSPS) is 15.7. The Balaban J connectivity index is 1.72. The fourth-order valence-electron chi connectivity index (χ4n) is 3.15. The molecule has 0 amide bonds. The summed E-state index contributed by atoms with van der Waals surface area (Å²) in [6.07, 6.45) is 0.729. The molecule has 1 aliphatic rings. The summed E-state index contributed by atoms with van der Waals surface area (Å²) in [5.74, 6) is 0. The minimum atomic E-state index is -3.48. The summed E-state index contributed by atoms with van der Waals surface area (Å²) in [5.41, 5.74) is 3.30. The fourth-order valence-corrected chi connectivity index (χ4v) is 5.16. The summed E-state index contributed by atoms with van der Waals surface area (Å²) in [5, 5.41) is 1.20. The second-order valence-corrected chi connectivity index (χ2v) is 8.53. The molecule has 0 bridgehead atoms. The Morgan fingerprint density at radius 2 is 1.91 bits per heavy atom. The van der Waals surface area contributed by atoms with Gasteiger partial charge in [0.15, 0.2) is 0 Å². The molecule has 0 saturated heterocycles. The Kier molecular flexibility index (Phi) is 3.55. The van der Waals surface area contributed by atoms with E-state index < -0.39 is 10.0 Å². The molecule has 0 radical (unpaired) electrons. The summed E-state index contributed by atoms with van der Waals surface area (Å²) in [7, 11) is -3.48. The molecule has 3 aromatic rings. The van der Waals surface area contributed by atoms with Crippen LogP contribution in [0.5, 0.6) is 0 Å². The van der Waals surface area contributed by atoms with E-state index in [0.29, 0.717) is 18.0 Å². The highest BCUT2D eigenvalue weighted by Gasteiger charge is 2.30. The zero-order chi connectivity index (χ0) is 16.0. The molecule has 23 heavy (non-hydrogen) atoms. The molecule has 0 saturated carbocycles. The Morgan fingerprint density at radius 1 is 1.09 bits per heavy atom. The molecule has 4 nitrogen and oxygen atoms in total. The van der Waals surface area contributed by atoms with E-state index in [1.165, 1.54) is 10.9 Å². The lowest BCUT2D eigenvalue weighted by Gasteiger charge is -2.26. The first kappa shape index (κ1) is 14.9. The molecule has 0 atom stereocenters. The summed E-state index contributed by atoms with van der Waals surface area (Å²) < 4.78 is 28.0. The van der Waals surface area contributed by atoms with Gasteiger partial charge in [-0.05, 0) is 36.2 Å². The summed E-state index contributed by atoms with van der Waals surface area (Å²) >= 11 is 3.34. The van der Waals surface area contributed by atoms with E-state index in [2.05, 4.69) is 27.0 Å². The molecular formula is C17H15BrN2O2S. The van der Waals surface area contributed by atoms with E-state index >= 15 is 0 Å². The third-order valence-corrected chi connectivity index (χ3v) is 6.62. The maximum Gasteiger partial charge on any atom is 0.243 e. The molecule has 6 heteroatoms. The predicted octanol–water partition coefficient (Wildman–Crippen LogP) is 3.68. The van der Waals surface area contributed by atoms with Crippen molar-refractivity contribution >= 4 is 36.9 Å². The van der Waals surface area contributed by atoms with Crippen LogP contribution in [0.15, 0.2) is 57.9 Å². The van der Waals surface area contributed by atoms with Gasteiger partial charge in [-0.2, -0.15) is 4.31 Å². The number of nitrogens with zero attached hydrogens (tertiary/aromatic N) is 1. The van der Waals surface area contributed by atoms with Crippen LogP contribution in [0.4, 0.5) is 0 Å². The maximum absolute atomic E-state index is 12.9. The number of H-pyrrole nitrogens is 1. The SMILES string of the molecule is O=S(=O)(c1cccc(Br)c1)N1CCc2c([nH]c3ccccc23)C1. The molecule has 0 fully saturated rings. The van der Waals surface area contributed by atoms with Crippen molar-refractivity contribution in [3.63, 3.8) is 0 Å². The van der Waals surface area contributed by atoms with Crippen LogP contribution < -0.4 is 0 Å². The van der Waals surface area contributed by atoms with Crippen LogP contribution in [-0.2, 0) is 23.0 Å². The molecule has 1 N–H and O–H groups in total. The molecule has 0 spiro atoms. The smallest absolute Gasteiger partial charge is 0.243 e. The Morgan fingerprint density at radius 3 is 2.74 bits per heavy atom. The second-order valence-electron chi connectivity index (χ2n) is 5.67. The third kappa shape index (κ3) is 2.51. The van der Waals surface area contributed by atoms with Crippen molar-refractivity contribution in [2.24, 2.45) is 0 Å². The topological polar surface area (TPSA) is 53.2 Å². The van der Waals surface area contributed by atoms with Crippen molar-refractivity contribution in [1.82, 2.24) is 9.29 Å². The van der Waals surface area contributed by atoms with Crippen molar-refractivity contribution in [3.8, 4) is 0 Å². The number of fused-ring (bicyclic) bond motifs is 3. The van der Waals surface area contributed by atoms with E-state index in [0.717, 1.165) is 22.1 Å². The first-order chi connectivity index (χ1) is 11.1. The molecule has 118 valence electrons. The van der Waals surface area contributed by atoms with Crippen LogP contribution in [0.2, 0.25) is 0 Å². The highest BCUT2D eigenvalue weighted by atomic mass is 79.9. The van der Waals surface area contributed by atoms with Crippen molar-refractivity contribution in [2.45, 2.75) is 17.9 Å². The molecule has 0 aliphatic carbocycles. The van der Waals surface area contributed by atoms with Crippen molar-refractivity contribution in [2.75, 3.05) is 6.54 Å². The largest absolute Gasteiger partial charge is 0.357 e. The quantitative estimate of drug-likeness (QED) is 0.725. The van der Waals surface area contributed by atoms with Crippen LogP contribution in [-0.4, -0.2) is 24.3 Å². The average molecular weight is 391 g/mol. The van der Waals surface area contributed by atoms with Crippen LogP contribution in [0.25, 0.3) is 10.9 Å². The van der Waals surface area contributed by atoms with Gasteiger partial charge in [0.1, 0.15) is 0 Å². The Hall–Kier alpha value is -1.63. The second kappa shape index (κ2) is 5.47. The highest BCUT2D eigenvalue weighted by molar-refractivity contribution is 9.10. The van der Waals surface area contributed by atoms with E-state index in [9.17, 15) is 8.42 Å². The van der Waals surface area contributed by atoms with Crippen LogP contribution in [0.3, 0.4) is 0 Å². The lowest BCUT2D eigenvalue weighted by molar-refractivity contribution is 0.388. The van der Waals surface area contributed by atoms with Crippen LogP contribution in [0, 0.1) is 0 Å². The van der Waals surface area contributed by atoms with Gasteiger partial charge in [0.05, 0.1) is 11.4 Å². The molecule has 1 aromatic heterocycles. The third-order valence-electron chi connectivity index (χ3n) is 4.28. The van der Waals surface area contributed by atoms with Gasteiger partial charge in [-0.1, -0.05) is 40.2 Å². The van der Waals surface area contributed by atoms with E-state index in [1.807, 2.05) is 24.3 Å². The summed E-state index contributed by atoms with van der Waals surface area (Å²) in [6.45, 7) is 0.891. The first-order valence-corrected chi connectivity index (χ1v) is 9.63. The van der Waals surface area contributed by atoms with E-state index in [-0.39, 0.29) is 0 Å². The number of nitrogens with one attached hydrogen (secondary N) is 1. The summed E-state index contributed by atoms with van der Waals surface area (Å²) in [4.78, 5) is 3.69. The number of rotatable bonds is 2. The Bertz CT molecular complexity index is 995. The molecule has 1 aliphatic heterocycles. The summed E-state index contributed by atoms with van der Waals surface area (Å²) in [6, 6.07) is 15.0. The monoisotopic (exact) mass is 390 g/mol. The van der Waals surface area contributed by atoms with Crippen molar-refractivity contribution in [3.05, 3.63) is 64.3 Å². The number of aromatic nitrogens is 1. The molecule has 2 aromatic carbocycles. The minimum absolute atomic E-state index is 0.325. The predicted molar refractivity (Wildman–Crippen MR) is 93.7 cm³/mol. The average Bonchev–Trinajstić information content (AvgIpc) is 2.92. The first-order valence-electron chi connectivity index (χ1n) is 7.40. The lowest BCUT2D eigenvalue weighted by Crippen LogP contribution is -2.35. The van der Waals surface area contributed by atoms with Gasteiger partial charge in [-0.15, -0.1) is 0 Å². The maximum atomic E-state index is 12.9. The standard InChI is InChI=1S/C17H15BrN2O2S/c18-12-4-3-5-13(10-12)23(21,22)20-9-8-15-14-6-1-2-7-16(14)19-17(15)11-20/h1-7,10,19H,8-9,11H2. The van der Waals surface area contributed by atoms with Gasteiger partial charge in [0.25, 0.3) is 0 Å². The van der Waals surface area contributed by atoms with Gasteiger partial charge in [0, 0.05) is 27.6 Å². The number of benzene rings is 2. The number of sulfonamides is 1. The van der Waals surface area contributed by atoms with Crippen LogP contribution >= 0.6 is 15.9 Å². The van der Waals surface area contributed by atoms with E-state index in [4.69, 9.17) is 0 Å². The minimum Gasteiger partial charge on any atom is -0.357 e. The van der Waals surface area contributed by atoms with Gasteiger partial charge in [0.2, 0.25) is 10.0 Å². The van der Waals surface area contributed by atoms with Gasteiger partial charge in [-0.3, -0.25) is 0 Å². The van der Waals surface area contributed by atoms with Gasteiger partial charge in [-0.25, -0.2) is 8.42 Å². The molecule has 0 unspecified atom stereocenters. The van der Waals surface area contributed by atoms with Crippen LogP contribution in [0.1, 0.15) is 11.3 Å². The van der Waals surface area contributed by atoms with Gasteiger partial charge < -0.3 is 4.98 Å². The highest BCUT2D eigenvalue weighted by Crippen LogP contribution is 2.30. The van der Waals surface area contributed by atoms with Crippen molar-refractivity contribution < 1.29 is 8.42 Å². The number of aromatic amines is 1. The fraction of sp³-hybridized carbons (Fsp3) is 0.176.